The number of hydrogen-bond acceptors (Lipinski definition) is 3. The molecule has 94 valence electrons. The van der Waals surface area contributed by atoms with Crippen LogP contribution in [0.1, 0.15) is 17.7 Å². The number of aromatic nitrogens is 1. The van der Waals surface area contributed by atoms with E-state index in [0.29, 0.717) is 21.6 Å². The fraction of sp³-hybridized carbons (Fsp3) is 0.308. The molecule has 0 saturated heterocycles. The summed E-state index contributed by atoms with van der Waals surface area (Å²) >= 11 is 7.39. The SMILES string of the molecule is Fc1ccc(Cl)cc1-c1ncc(CNC2CC2)s1. The Morgan fingerprint density at radius 3 is 3.06 bits per heavy atom. The van der Waals surface area contributed by atoms with Crippen molar-refractivity contribution in [1.29, 1.82) is 0 Å². The third kappa shape index (κ3) is 2.71. The number of rotatable bonds is 4. The van der Waals surface area contributed by atoms with Gasteiger partial charge in [-0.1, -0.05) is 11.6 Å². The average molecular weight is 283 g/mol. The quantitative estimate of drug-likeness (QED) is 0.921. The van der Waals surface area contributed by atoms with Gasteiger partial charge in [0.15, 0.2) is 0 Å². The number of nitrogens with zero attached hydrogens (tertiary/aromatic N) is 1. The maximum Gasteiger partial charge on any atom is 0.133 e. The molecule has 0 amide bonds. The lowest BCUT2D eigenvalue weighted by Crippen LogP contribution is -2.14. The molecule has 0 spiro atoms. The van der Waals surface area contributed by atoms with E-state index >= 15 is 0 Å². The highest BCUT2D eigenvalue weighted by molar-refractivity contribution is 7.15. The molecule has 1 aliphatic rings. The Balaban J connectivity index is 1.80. The van der Waals surface area contributed by atoms with E-state index in [9.17, 15) is 4.39 Å². The van der Waals surface area contributed by atoms with Crippen LogP contribution in [0.15, 0.2) is 24.4 Å². The molecule has 5 heteroatoms. The summed E-state index contributed by atoms with van der Waals surface area (Å²) in [6.45, 7) is 0.810. The number of thiazole rings is 1. The van der Waals surface area contributed by atoms with E-state index in [1.807, 2.05) is 0 Å². The molecule has 1 heterocycles. The Morgan fingerprint density at radius 2 is 2.28 bits per heavy atom. The van der Waals surface area contributed by atoms with E-state index in [2.05, 4.69) is 10.3 Å². The highest BCUT2D eigenvalue weighted by Gasteiger charge is 2.20. The Morgan fingerprint density at radius 1 is 1.44 bits per heavy atom. The van der Waals surface area contributed by atoms with E-state index in [4.69, 9.17) is 11.6 Å². The maximum absolute atomic E-state index is 13.7. The van der Waals surface area contributed by atoms with Gasteiger partial charge in [0.2, 0.25) is 0 Å². The van der Waals surface area contributed by atoms with Gasteiger partial charge < -0.3 is 5.32 Å². The molecular formula is C13H12ClFN2S. The van der Waals surface area contributed by atoms with Gasteiger partial charge in [-0.25, -0.2) is 9.37 Å². The monoisotopic (exact) mass is 282 g/mol. The predicted molar refractivity (Wildman–Crippen MR) is 72.4 cm³/mol. The summed E-state index contributed by atoms with van der Waals surface area (Å²) in [5.41, 5.74) is 0.477. The van der Waals surface area contributed by atoms with Crippen LogP contribution < -0.4 is 5.32 Å². The fourth-order valence-electron chi connectivity index (χ4n) is 1.71. The van der Waals surface area contributed by atoms with E-state index < -0.39 is 0 Å². The molecule has 1 N–H and O–H groups in total. The highest BCUT2D eigenvalue weighted by Crippen LogP contribution is 2.30. The first-order valence-corrected chi connectivity index (χ1v) is 7.05. The average Bonchev–Trinajstić information content (AvgIpc) is 3.08. The van der Waals surface area contributed by atoms with Gasteiger partial charge in [-0.05, 0) is 31.0 Å². The van der Waals surface area contributed by atoms with Crippen LogP contribution in [-0.4, -0.2) is 11.0 Å². The lowest BCUT2D eigenvalue weighted by Gasteiger charge is -2.00. The highest BCUT2D eigenvalue weighted by atomic mass is 35.5. The number of hydrogen-bond donors (Lipinski definition) is 1. The van der Waals surface area contributed by atoms with Crippen LogP contribution in [0.5, 0.6) is 0 Å². The van der Waals surface area contributed by atoms with Gasteiger partial charge in [0.1, 0.15) is 10.8 Å². The second-order valence-corrected chi connectivity index (χ2v) is 5.96. The Hall–Kier alpha value is -0.970. The number of halogens is 2. The summed E-state index contributed by atoms with van der Waals surface area (Å²) in [5, 5.41) is 4.62. The van der Waals surface area contributed by atoms with Gasteiger partial charge in [0.25, 0.3) is 0 Å². The second kappa shape index (κ2) is 4.96. The van der Waals surface area contributed by atoms with Crippen molar-refractivity contribution in [2.45, 2.75) is 25.4 Å². The Labute approximate surface area is 114 Å². The number of nitrogens with one attached hydrogen (secondary N) is 1. The van der Waals surface area contributed by atoms with E-state index in [1.165, 1.54) is 30.2 Å². The molecule has 1 aromatic carbocycles. The van der Waals surface area contributed by atoms with Gasteiger partial charge in [0.05, 0.1) is 0 Å². The maximum atomic E-state index is 13.7. The molecule has 1 saturated carbocycles. The van der Waals surface area contributed by atoms with Crippen molar-refractivity contribution < 1.29 is 4.39 Å². The number of benzene rings is 1. The third-order valence-corrected chi connectivity index (χ3v) is 4.12. The zero-order chi connectivity index (χ0) is 12.5. The molecule has 0 unspecified atom stereocenters. The molecular weight excluding hydrogens is 271 g/mol. The normalized spacial score (nSPS) is 15.0. The van der Waals surface area contributed by atoms with Crippen molar-refractivity contribution >= 4 is 22.9 Å². The zero-order valence-corrected chi connectivity index (χ0v) is 11.2. The minimum atomic E-state index is -0.282. The van der Waals surface area contributed by atoms with Crippen LogP contribution in [0.3, 0.4) is 0 Å². The molecule has 0 atom stereocenters. The first kappa shape index (κ1) is 12.1. The Bertz CT molecular complexity index is 566. The van der Waals surface area contributed by atoms with Crippen LogP contribution in [0.4, 0.5) is 4.39 Å². The van der Waals surface area contributed by atoms with E-state index in [1.54, 1.807) is 18.3 Å². The molecule has 0 aliphatic heterocycles. The van der Waals surface area contributed by atoms with Gasteiger partial charge in [-0.15, -0.1) is 11.3 Å². The molecule has 1 aliphatic carbocycles. The van der Waals surface area contributed by atoms with Gasteiger partial charge in [-0.2, -0.15) is 0 Å². The summed E-state index contributed by atoms with van der Waals surface area (Å²) < 4.78 is 13.7. The largest absolute Gasteiger partial charge is 0.309 e. The summed E-state index contributed by atoms with van der Waals surface area (Å²) in [7, 11) is 0. The topological polar surface area (TPSA) is 24.9 Å². The zero-order valence-electron chi connectivity index (χ0n) is 9.62. The van der Waals surface area contributed by atoms with Crippen molar-refractivity contribution in [3.05, 3.63) is 40.1 Å². The lowest BCUT2D eigenvalue weighted by molar-refractivity contribution is 0.631. The molecule has 1 fully saturated rings. The van der Waals surface area contributed by atoms with Gasteiger partial charge in [0, 0.05) is 34.2 Å². The summed E-state index contributed by atoms with van der Waals surface area (Å²) in [5.74, 6) is -0.282. The van der Waals surface area contributed by atoms with Crippen molar-refractivity contribution in [2.24, 2.45) is 0 Å². The van der Waals surface area contributed by atoms with Crippen molar-refractivity contribution in [2.75, 3.05) is 0 Å². The van der Waals surface area contributed by atoms with Gasteiger partial charge >= 0.3 is 0 Å². The molecule has 1 aromatic heterocycles. The van der Waals surface area contributed by atoms with E-state index in [-0.39, 0.29) is 5.82 Å². The van der Waals surface area contributed by atoms with Crippen LogP contribution in [-0.2, 0) is 6.54 Å². The van der Waals surface area contributed by atoms with Crippen molar-refractivity contribution in [3.63, 3.8) is 0 Å². The Kier molecular flexibility index (Phi) is 3.33. The van der Waals surface area contributed by atoms with Crippen LogP contribution in [0.25, 0.3) is 10.6 Å². The fourth-order valence-corrected chi connectivity index (χ4v) is 2.76. The predicted octanol–water partition coefficient (Wildman–Crippen LogP) is 3.85. The molecule has 0 bridgehead atoms. The van der Waals surface area contributed by atoms with Crippen LogP contribution >= 0.6 is 22.9 Å². The second-order valence-electron chi connectivity index (χ2n) is 4.41. The van der Waals surface area contributed by atoms with E-state index in [0.717, 1.165) is 11.4 Å². The molecule has 3 rings (SSSR count). The summed E-state index contributed by atoms with van der Waals surface area (Å²) in [6.07, 6.45) is 4.32. The minimum Gasteiger partial charge on any atom is -0.309 e. The smallest absolute Gasteiger partial charge is 0.133 e. The molecule has 2 aromatic rings. The summed E-state index contributed by atoms with van der Waals surface area (Å²) in [4.78, 5) is 5.39. The van der Waals surface area contributed by atoms with Crippen molar-refractivity contribution in [1.82, 2.24) is 10.3 Å². The van der Waals surface area contributed by atoms with Crippen LogP contribution in [0.2, 0.25) is 5.02 Å². The standard InChI is InChI=1S/C13H12ClFN2S/c14-8-1-4-12(15)11(5-8)13-17-7-10(18-13)6-16-9-2-3-9/h1,4-5,7,9,16H,2-3,6H2. The summed E-state index contributed by atoms with van der Waals surface area (Å²) in [6, 6.07) is 5.21. The molecule has 0 radical (unpaired) electrons. The first-order chi connectivity index (χ1) is 8.72. The third-order valence-electron chi connectivity index (χ3n) is 2.85. The van der Waals surface area contributed by atoms with Gasteiger partial charge in [-0.3, -0.25) is 0 Å². The minimum absolute atomic E-state index is 0.282. The van der Waals surface area contributed by atoms with Crippen molar-refractivity contribution in [3.8, 4) is 10.6 Å². The molecule has 18 heavy (non-hydrogen) atoms. The van der Waals surface area contributed by atoms with Crippen LogP contribution in [0, 0.1) is 5.82 Å². The lowest BCUT2D eigenvalue weighted by atomic mass is 10.2. The molecule has 2 nitrogen and oxygen atoms in total. The first-order valence-electron chi connectivity index (χ1n) is 5.86.